The van der Waals surface area contributed by atoms with Gasteiger partial charge in [0.1, 0.15) is 0 Å². The first-order valence-corrected chi connectivity index (χ1v) is 17.0. The van der Waals surface area contributed by atoms with Gasteiger partial charge in [-0.25, -0.2) is 0 Å². The van der Waals surface area contributed by atoms with Crippen molar-refractivity contribution < 1.29 is 0 Å². The van der Waals surface area contributed by atoms with Gasteiger partial charge in [-0.05, 0) is 130 Å². The topological polar surface area (TPSA) is 24.7 Å². The Morgan fingerprint density at radius 2 is 1.40 bits per heavy atom. The van der Waals surface area contributed by atoms with E-state index < -0.39 is 0 Å². The number of fused-ring (bicyclic) bond motifs is 1. The maximum absolute atomic E-state index is 5.25. The third-order valence-corrected chi connectivity index (χ3v) is 8.95. The van der Waals surface area contributed by atoms with E-state index in [0.717, 1.165) is 44.8 Å². The normalized spacial score (nSPS) is 12.4. The van der Waals surface area contributed by atoms with E-state index in [1.165, 1.54) is 38.6 Å². The Hall–Kier alpha value is -6.12. The maximum Gasteiger partial charge on any atom is 0.0716 e. The average Bonchev–Trinajstić information content (AvgIpc) is 3.16. The molecule has 0 atom stereocenters. The zero-order chi connectivity index (χ0) is 34.9. The molecule has 0 saturated carbocycles. The second-order valence-electron chi connectivity index (χ2n) is 12.4. The van der Waals surface area contributed by atoms with Crippen LogP contribution in [0.5, 0.6) is 0 Å². The third-order valence-electron chi connectivity index (χ3n) is 8.95. The minimum absolute atomic E-state index is 0.490. The lowest BCUT2D eigenvalue weighted by atomic mass is 9.91. The molecule has 0 radical (unpaired) electrons. The van der Waals surface area contributed by atoms with Crippen LogP contribution in [0.2, 0.25) is 0 Å². The van der Waals surface area contributed by atoms with Crippen LogP contribution in [-0.4, -0.2) is 12.4 Å². The van der Waals surface area contributed by atoms with Crippen molar-refractivity contribution in [1.82, 2.24) is 0 Å². The van der Waals surface area contributed by atoms with Crippen molar-refractivity contribution in [3.05, 3.63) is 198 Å². The molecule has 2 nitrogen and oxygen atoms in total. The first-order chi connectivity index (χ1) is 24.5. The fourth-order valence-corrected chi connectivity index (χ4v) is 6.35. The van der Waals surface area contributed by atoms with Crippen molar-refractivity contribution in [2.75, 3.05) is 0 Å². The highest BCUT2D eigenvalue weighted by atomic mass is 14.8. The lowest BCUT2D eigenvalue weighted by Gasteiger charge is -2.14. The van der Waals surface area contributed by atoms with Crippen molar-refractivity contribution in [3.63, 3.8) is 0 Å². The lowest BCUT2D eigenvalue weighted by molar-refractivity contribution is 1.07. The Morgan fingerprint density at radius 3 is 2.12 bits per heavy atom. The van der Waals surface area contributed by atoms with Gasteiger partial charge in [-0.3, -0.25) is 9.98 Å². The quantitative estimate of drug-likeness (QED) is 0.0988. The molecule has 0 N–H and O–H groups in total. The van der Waals surface area contributed by atoms with E-state index in [9.17, 15) is 0 Å². The molecule has 0 saturated heterocycles. The molecule has 0 amide bonds. The Morgan fingerprint density at radius 1 is 0.700 bits per heavy atom. The molecule has 0 aliphatic rings. The molecule has 0 aliphatic carbocycles. The fourth-order valence-electron chi connectivity index (χ4n) is 6.35. The Balaban J connectivity index is 1.53. The molecule has 0 unspecified atom stereocenters. The molecule has 0 bridgehead atoms. The highest BCUT2D eigenvalue weighted by Gasteiger charge is 2.12. The molecule has 0 spiro atoms. The number of rotatable bonds is 11. The van der Waals surface area contributed by atoms with Crippen molar-refractivity contribution >= 4 is 40.5 Å². The summed E-state index contributed by atoms with van der Waals surface area (Å²) < 4.78 is 0. The Labute approximate surface area is 296 Å². The molecule has 0 aliphatic heterocycles. The van der Waals surface area contributed by atoms with Gasteiger partial charge in [0, 0.05) is 5.56 Å². The van der Waals surface area contributed by atoms with Gasteiger partial charge in [0.2, 0.25) is 0 Å². The molecule has 2 heteroatoms. The summed E-state index contributed by atoms with van der Waals surface area (Å²) in [5.74, 6) is 0. The maximum atomic E-state index is 5.25. The smallest absolute Gasteiger partial charge is 0.0716 e. The summed E-state index contributed by atoms with van der Waals surface area (Å²) in [7, 11) is 0. The minimum Gasteiger partial charge on any atom is -0.280 e. The van der Waals surface area contributed by atoms with Crippen LogP contribution in [0.3, 0.4) is 0 Å². The van der Waals surface area contributed by atoms with Crippen molar-refractivity contribution in [2.24, 2.45) is 9.98 Å². The van der Waals surface area contributed by atoms with Crippen LogP contribution in [0.15, 0.2) is 174 Å². The zero-order valence-electron chi connectivity index (χ0n) is 29.1. The van der Waals surface area contributed by atoms with Gasteiger partial charge < -0.3 is 0 Å². The van der Waals surface area contributed by atoms with Crippen LogP contribution in [0.25, 0.3) is 50.4 Å². The van der Waals surface area contributed by atoms with Crippen molar-refractivity contribution in [1.29, 1.82) is 0 Å². The van der Waals surface area contributed by atoms with Gasteiger partial charge in [-0.1, -0.05) is 134 Å². The van der Waals surface area contributed by atoms with Gasteiger partial charge in [-0.15, -0.1) is 0 Å². The largest absolute Gasteiger partial charge is 0.280 e. The van der Waals surface area contributed by atoms with Gasteiger partial charge in [-0.2, -0.15) is 0 Å². The molecule has 0 fully saturated rings. The monoisotopic (exact) mass is 646 g/mol. The van der Waals surface area contributed by atoms with Crippen LogP contribution < -0.4 is 0 Å². The summed E-state index contributed by atoms with van der Waals surface area (Å²) in [4.78, 5) is 9.64. The number of benzene rings is 6. The van der Waals surface area contributed by atoms with Crippen LogP contribution >= 0.6 is 0 Å². The number of nitrogens with zero attached hydrogens (tertiary/aromatic N) is 2. The van der Waals surface area contributed by atoms with Gasteiger partial charge in [0.15, 0.2) is 0 Å². The molecule has 6 aromatic rings. The second kappa shape index (κ2) is 15.9. The number of allylic oxidation sites excluding steroid dienone is 5. The molecule has 244 valence electrons. The van der Waals surface area contributed by atoms with Crippen LogP contribution in [0.4, 0.5) is 0 Å². The van der Waals surface area contributed by atoms with Gasteiger partial charge >= 0.3 is 0 Å². The van der Waals surface area contributed by atoms with Crippen LogP contribution in [0, 0.1) is 6.92 Å². The van der Waals surface area contributed by atoms with E-state index in [-0.39, 0.29) is 0 Å². The van der Waals surface area contributed by atoms with E-state index in [4.69, 9.17) is 4.99 Å². The van der Waals surface area contributed by atoms with E-state index in [0.29, 0.717) is 6.54 Å². The SMILES string of the molecule is C=C/C=C(\C)c1cccc(-c2cc(CN=C(/C=C(\N=C)c3ccccc3)c3ccccc3)cc(-c3cccc4cc(C)c(/C=C\C)cc34)c2)c1. The highest BCUT2D eigenvalue weighted by Crippen LogP contribution is 2.35. The van der Waals surface area contributed by atoms with E-state index in [1.54, 1.807) is 0 Å². The van der Waals surface area contributed by atoms with Gasteiger partial charge in [0.05, 0.1) is 18.0 Å². The number of aryl methyl sites for hydroxylation is 1. The summed E-state index contributed by atoms with van der Waals surface area (Å²) in [6.45, 7) is 14.6. The van der Waals surface area contributed by atoms with Gasteiger partial charge in [0.25, 0.3) is 0 Å². The van der Waals surface area contributed by atoms with E-state index in [2.05, 4.69) is 142 Å². The first-order valence-electron chi connectivity index (χ1n) is 17.0. The molecule has 50 heavy (non-hydrogen) atoms. The predicted octanol–water partition coefficient (Wildman–Crippen LogP) is 12.8. The van der Waals surface area contributed by atoms with Crippen LogP contribution in [0.1, 0.15) is 47.2 Å². The Kier molecular flexibility index (Phi) is 10.7. The number of hydrogen-bond donors (Lipinski definition) is 0. The van der Waals surface area contributed by atoms with E-state index in [1.807, 2.05) is 60.7 Å². The summed E-state index contributed by atoms with van der Waals surface area (Å²) in [5, 5.41) is 2.46. The molecule has 6 aromatic carbocycles. The van der Waals surface area contributed by atoms with Crippen molar-refractivity contribution in [2.45, 2.75) is 27.3 Å². The number of aliphatic imine (C=N–C) groups is 2. The molecule has 6 rings (SSSR count). The summed E-state index contributed by atoms with van der Waals surface area (Å²) in [6.07, 6.45) is 10.2. The summed E-state index contributed by atoms with van der Waals surface area (Å²) in [5.41, 5.74) is 14.3. The van der Waals surface area contributed by atoms with Crippen molar-refractivity contribution in [3.8, 4) is 22.3 Å². The second-order valence-corrected chi connectivity index (χ2v) is 12.4. The first kappa shape index (κ1) is 33.8. The Bertz CT molecular complexity index is 2280. The average molecular weight is 647 g/mol. The van der Waals surface area contributed by atoms with E-state index >= 15 is 0 Å². The highest BCUT2D eigenvalue weighted by molar-refractivity contribution is 6.12. The molecule has 0 aromatic heterocycles. The summed E-state index contributed by atoms with van der Waals surface area (Å²) in [6, 6.07) is 47.2. The lowest BCUT2D eigenvalue weighted by Crippen LogP contribution is -2.00. The zero-order valence-corrected chi connectivity index (χ0v) is 29.1. The third kappa shape index (κ3) is 7.77. The molecule has 0 heterocycles. The fraction of sp³-hybridized carbons (Fsp3) is 0.0833. The van der Waals surface area contributed by atoms with Crippen LogP contribution in [-0.2, 0) is 6.54 Å². The predicted molar refractivity (Wildman–Crippen MR) is 219 cm³/mol. The summed E-state index contributed by atoms with van der Waals surface area (Å²) >= 11 is 0. The number of hydrogen-bond acceptors (Lipinski definition) is 2. The standard InChI is InChI=1S/C48H42N2/c1-6-16-34(3)40-22-14-23-41(29-40)43-27-36(28-44(30-43)45-25-15-24-42-26-35(4)39(17-7-2)31-46(42)45)33-50-48(38-20-12-9-13-21-38)32-47(49-5)37-18-10-8-11-19-37/h6-32H,1,5,33H2,2-4H3/b17-7-,34-16+,47-32-,50-48?. The minimum atomic E-state index is 0.490. The molecular weight excluding hydrogens is 605 g/mol. The molecular formula is C48H42N2.